The first-order valence-corrected chi connectivity index (χ1v) is 5.54. The maximum absolute atomic E-state index is 9.01. The Balaban J connectivity index is 3.30. The first-order chi connectivity index (χ1) is 7.42. The molecular weight excluding hydrogens is 226 g/mol. The molecule has 0 heterocycles. The molecule has 0 fully saturated rings. The van der Waals surface area contributed by atoms with Crippen molar-refractivity contribution in [2.75, 3.05) is 13.7 Å². The average Bonchev–Trinajstić information content (AvgIpc) is 2.16. The number of hydrogen-bond acceptors (Lipinski definition) is 3. The van der Waals surface area contributed by atoms with E-state index in [1.165, 1.54) is 0 Å². The first-order valence-electron chi connectivity index (χ1n) is 5.16. The molecule has 0 aliphatic heterocycles. The van der Waals surface area contributed by atoms with Crippen LogP contribution in [-0.2, 0) is 5.54 Å². The third kappa shape index (κ3) is 2.67. The van der Waals surface area contributed by atoms with Crippen LogP contribution in [0, 0.1) is 6.92 Å². The summed E-state index contributed by atoms with van der Waals surface area (Å²) in [4.78, 5) is 0. The maximum atomic E-state index is 9.01. The van der Waals surface area contributed by atoms with Crippen molar-refractivity contribution in [3.63, 3.8) is 0 Å². The van der Waals surface area contributed by atoms with Gasteiger partial charge in [-0.05, 0) is 38.0 Å². The van der Waals surface area contributed by atoms with Crippen LogP contribution in [-0.4, -0.2) is 18.8 Å². The second-order valence-corrected chi connectivity index (χ2v) is 4.63. The third-order valence-corrected chi connectivity index (χ3v) is 2.91. The smallest absolute Gasteiger partial charge is 0.126 e. The van der Waals surface area contributed by atoms with E-state index in [2.05, 4.69) is 0 Å². The summed E-state index contributed by atoms with van der Waals surface area (Å²) >= 11 is 6.01. The van der Waals surface area contributed by atoms with Crippen molar-refractivity contribution in [3.8, 4) is 5.75 Å². The van der Waals surface area contributed by atoms with Gasteiger partial charge in [-0.25, -0.2) is 0 Å². The van der Waals surface area contributed by atoms with E-state index in [-0.39, 0.29) is 6.61 Å². The summed E-state index contributed by atoms with van der Waals surface area (Å²) in [5, 5.41) is 9.64. The zero-order valence-electron chi connectivity index (χ0n) is 9.88. The van der Waals surface area contributed by atoms with Crippen LogP contribution in [0.5, 0.6) is 5.75 Å². The van der Waals surface area contributed by atoms with Gasteiger partial charge >= 0.3 is 0 Å². The minimum Gasteiger partial charge on any atom is -0.496 e. The number of aryl methyl sites for hydroxylation is 1. The molecule has 3 nitrogen and oxygen atoms in total. The number of aliphatic hydroxyl groups is 1. The number of halogens is 1. The van der Waals surface area contributed by atoms with E-state index in [1.54, 1.807) is 13.2 Å². The maximum Gasteiger partial charge on any atom is 0.126 e. The highest BCUT2D eigenvalue weighted by Crippen LogP contribution is 2.35. The van der Waals surface area contributed by atoms with Crippen molar-refractivity contribution in [2.45, 2.75) is 25.8 Å². The van der Waals surface area contributed by atoms with Gasteiger partial charge in [-0.3, -0.25) is 0 Å². The van der Waals surface area contributed by atoms with E-state index in [9.17, 15) is 0 Å². The summed E-state index contributed by atoms with van der Waals surface area (Å²) in [6.07, 6.45) is 0.461. The first kappa shape index (κ1) is 13.3. The zero-order valence-corrected chi connectivity index (χ0v) is 10.6. The zero-order chi connectivity index (χ0) is 12.3. The summed E-state index contributed by atoms with van der Waals surface area (Å²) in [5.41, 5.74) is 7.29. The molecule has 4 heteroatoms. The molecule has 1 unspecified atom stereocenters. The Morgan fingerprint density at radius 2 is 2.12 bits per heavy atom. The highest BCUT2D eigenvalue weighted by atomic mass is 35.5. The summed E-state index contributed by atoms with van der Waals surface area (Å²) in [7, 11) is 1.61. The Labute approximate surface area is 101 Å². The molecule has 3 N–H and O–H groups in total. The van der Waals surface area contributed by atoms with E-state index in [1.807, 2.05) is 19.9 Å². The van der Waals surface area contributed by atoms with Gasteiger partial charge in [0.2, 0.25) is 0 Å². The summed E-state index contributed by atoms with van der Waals surface area (Å²) in [6.45, 7) is 3.81. The Morgan fingerprint density at radius 1 is 1.50 bits per heavy atom. The molecule has 1 rings (SSSR count). The van der Waals surface area contributed by atoms with Gasteiger partial charge in [0.25, 0.3) is 0 Å². The lowest BCUT2D eigenvalue weighted by Crippen LogP contribution is -2.34. The van der Waals surface area contributed by atoms with Gasteiger partial charge in [0, 0.05) is 22.7 Å². The molecule has 0 saturated carbocycles. The number of nitrogens with two attached hydrogens (primary N) is 1. The lowest BCUT2D eigenvalue weighted by Gasteiger charge is -2.27. The summed E-state index contributed by atoms with van der Waals surface area (Å²) in [6, 6.07) is 3.63. The Morgan fingerprint density at radius 3 is 2.62 bits per heavy atom. The van der Waals surface area contributed by atoms with Crippen LogP contribution in [0.15, 0.2) is 12.1 Å². The molecule has 16 heavy (non-hydrogen) atoms. The van der Waals surface area contributed by atoms with E-state index in [0.717, 1.165) is 16.9 Å². The van der Waals surface area contributed by atoms with Crippen LogP contribution in [0.3, 0.4) is 0 Å². The third-order valence-electron chi connectivity index (χ3n) is 2.69. The van der Waals surface area contributed by atoms with Crippen LogP contribution in [0.25, 0.3) is 0 Å². The fraction of sp³-hybridized carbons (Fsp3) is 0.500. The Kier molecular flexibility index (Phi) is 4.19. The van der Waals surface area contributed by atoms with Gasteiger partial charge in [0.05, 0.1) is 7.11 Å². The summed E-state index contributed by atoms with van der Waals surface area (Å²) < 4.78 is 5.34. The molecule has 0 saturated heterocycles. The highest BCUT2D eigenvalue weighted by Gasteiger charge is 2.26. The van der Waals surface area contributed by atoms with Crippen LogP contribution in [0.2, 0.25) is 5.02 Å². The molecule has 0 bridgehead atoms. The lowest BCUT2D eigenvalue weighted by atomic mass is 9.88. The molecule has 90 valence electrons. The van der Waals surface area contributed by atoms with Crippen LogP contribution >= 0.6 is 11.6 Å². The van der Waals surface area contributed by atoms with Gasteiger partial charge in [0.15, 0.2) is 0 Å². The van der Waals surface area contributed by atoms with Gasteiger partial charge < -0.3 is 15.6 Å². The standard InChI is InChI=1S/C12H18ClNO2/c1-8-6-9(13)7-10(11(8)16-3)12(2,14)4-5-15/h6-7,15H,4-5,14H2,1-3H3. The molecule has 1 aromatic rings. The van der Waals surface area contributed by atoms with Gasteiger partial charge in [-0.2, -0.15) is 0 Å². The quantitative estimate of drug-likeness (QED) is 0.853. The Hall–Kier alpha value is -0.770. The predicted octanol–water partition coefficient (Wildman–Crippen LogP) is 2.21. The molecule has 1 atom stereocenters. The van der Waals surface area contributed by atoms with Crippen LogP contribution in [0.4, 0.5) is 0 Å². The van der Waals surface area contributed by atoms with Gasteiger partial charge in [-0.15, -0.1) is 0 Å². The van der Waals surface area contributed by atoms with Crippen molar-refractivity contribution in [2.24, 2.45) is 5.73 Å². The molecule has 0 aliphatic rings. The average molecular weight is 244 g/mol. The van der Waals surface area contributed by atoms with Gasteiger partial charge in [0.1, 0.15) is 5.75 Å². The fourth-order valence-electron chi connectivity index (χ4n) is 1.79. The number of aliphatic hydroxyl groups excluding tert-OH is 1. The molecule has 1 aromatic carbocycles. The predicted molar refractivity (Wildman–Crippen MR) is 66.0 cm³/mol. The SMILES string of the molecule is COc1c(C)cc(Cl)cc1C(C)(N)CCO. The molecular formula is C12H18ClNO2. The second kappa shape index (κ2) is 5.04. The van der Waals surface area contributed by atoms with Crippen molar-refractivity contribution < 1.29 is 9.84 Å². The van der Waals surface area contributed by atoms with Crippen molar-refractivity contribution in [1.29, 1.82) is 0 Å². The van der Waals surface area contributed by atoms with E-state index in [4.69, 9.17) is 27.2 Å². The monoisotopic (exact) mass is 243 g/mol. The second-order valence-electron chi connectivity index (χ2n) is 4.19. The van der Waals surface area contributed by atoms with Crippen molar-refractivity contribution in [3.05, 3.63) is 28.3 Å². The number of rotatable bonds is 4. The number of methoxy groups -OCH3 is 1. The minimum absolute atomic E-state index is 0.0295. The molecule has 0 spiro atoms. The van der Waals surface area contributed by atoms with Crippen LogP contribution in [0.1, 0.15) is 24.5 Å². The molecule has 0 aromatic heterocycles. The highest BCUT2D eigenvalue weighted by molar-refractivity contribution is 6.30. The molecule has 0 amide bonds. The lowest BCUT2D eigenvalue weighted by molar-refractivity contribution is 0.244. The number of benzene rings is 1. The van der Waals surface area contributed by atoms with E-state index < -0.39 is 5.54 Å². The normalized spacial score (nSPS) is 14.6. The van der Waals surface area contributed by atoms with Crippen LogP contribution < -0.4 is 10.5 Å². The topological polar surface area (TPSA) is 55.5 Å². The fourth-order valence-corrected chi connectivity index (χ4v) is 2.06. The van der Waals surface area contributed by atoms with Gasteiger partial charge in [-0.1, -0.05) is 11.6 Å². The van der Waals surface area contributed by atoms with E-state index >= 15 is 0 Å². The minimum atomic E-state index is -0.643. The summed E-state index contributed by atoms with van der Waals surface area (Å²) in [5.74, 6) is 0.739. The van der Waals surface area contributed by atoms with Crippen molar-refractivity contribution in [1.82, 2.24) is 0 Å². The Bertz CT molecular complexity index is 378. The number of ether oxygens (including phenoxy) is 1. The van der Waals surface area contributed by atoms with E-state index in [0.29, 0.717) is 11.4 Å². The van der Waals surface area contributed by atoms with Crippen molar-refractivity contribution >= 4 is 11.6 Å². The number of hydrogen-bond donors (Lipinski definition) is 2. The molecule has 0 radical (unpaired) electrons. The largest absolute Gasteiger partial charge is 0.496 e. The molecule has 0 aliphatic carbocycles.